The average Bonchev–Trinajstić information content (AvgIpc) is 3.09. The van der Waals surface area contributed by atoms with E-state index in [1.807, 2.05) is 19.9 Å². The smallest absolute Gasteiger partial charge is 0.379 e. The molecule has 0 fully saturated rings. The first-order valence-corrected chi connectivity index (χ1v) is 10.8. The largest absolute Gasteiger partial charge is 0.453 e. The van der Waals surface area contributed by atoms with E-state index in [0.717, 1.165) is 23.1 Å². The molecule has 1 aromatic heterocycles. The number of carbonyl (C=O) groups is 2. The highest BCUT2D eigenvalue weighted by molar-refractivity contribution is 6.33. The number of hydrogen-bond acceptors (Lipinski definition) is 5. The van der Waals surface area contributed by atoms with Crippen molar-refractivity contribution in [1.29, 1.82) is 0 Å². The highest BCUT2D eigenvalue weighted by Crippen LogP contribution is 2.31. The molecular weight excluding hydrogens is 428 g/mol. The van der Waals surface area contributed by atoms with Crippen molar-refractivity contribution in [2.75, 3.05) is 0 Å². The zero-order valence-corrected chi connectivity index (χ0v) is 18.9. The van der Waals surface area contributed by atoms with E-state index in [0.29, 0.717) is 46.2 Å². The molecule has 4 rings (SSSR count). The Balaban J connectivity index is 1.58. The van der Waals surface area contributed by atoms with Gasteiger partial charge in [0.05, 0.1) is 16.3 Å². The minimum Gasteiger partial charge on any atom is -0.453 e. The number of halogens is 1. The number of aryl methyl sites for hydroxylation is 3. The number of esters is 1. The van der Waals surface area contributed by atoms with Crippen molar-refractivity contribution in [3.8, 4) is 5.75 Å². The van der Waals surface area contributed by atoms with Gasteiger partial charge < -0.3 is 9.15 Å². The van der Waals surface area contributed by atoms with Crippen LogP contribution in [0.15, 0.2) is 52.0 Å². The lowest BCUT2D eigenvalue weighted by Gasteiger charge is -2.13. The molecule has 6 nitrogen and oxygen atoms in total. The summed E-state index contributed by atoms with van der Waals surface area (Å²) in [5, 5.41) is 4.68. The van der Waals surface area contributed by atoms with Crippen LogP contribution in [0.2, 0.25) is 5.02 Å². The highest BCUT2D eigenvalue weighted by atomic mass is 35.5. The molecule has 0 saturated carbocycles. The molecule has 1 aliphatic rings. The Morgan fingerprint density at radius 2 is 1.78 bits per heavy atom. The van der Waals surface area contributed by atoms with E-state index < -0.39 is 11.9 Å². The Hall–Kier alpha value is -3.38. The van der Waals surface area contributed by atoms with Crippen LogP contribution in [0.5, 0.6) is 5.75 Å². The van der Waals surface area contributed by atoms with Crippen LogP contribution in [0.3, 0.4) is 0 Å². The van der Waals surface area contributed by atoms with E-state index in [1.165, 1.54) is 0 Å². The fraction of sp³-hybridized carbons (Fsp3) is 0.240. The molecule has 0 bridgehead atoms. The second-order valence-corrected chi connectivity index (χ2v) is 8.31. The Kier molecular flexibility index (Phi) is 6.15. The van der Waals surface area contributed by atoms with E-state index in [9.17, 15) is 9.59 Å². The third kappa shape index (κ3) is 4.46. The van der Waals surface area contributed by atoms with Gasteiger partial charge in [0.25, 0.3) is 5.91 Å². The van der Waals surface area contributed by atoms with Gasteiger partial charge in [-0.2, -0.15) is 5.10 Å². The number of ether oxygens (including phenoxy) is 1. The SMILES string of the molecule is Cc1cc(C)cc(OC(=O)c2oc3c(c2C)/C(=N/NC(=O)c2ccccc2Cl)CCC3)c1. The number of fused-ring (bicyclic) bond motifs is 1. The quantitative estimate of drug-likeness (QED) is 0.321. The summed E-state index contributed by atoms with van der Waals surface area (Å²) in [5.74, 6) is 0.349. The molecule has 3 aromatic rings. The summed E-state index contributed by atoms with van der Waals surface area (Å²) < 4.78 is 11.5. The molecule has 2 aromatic carbocycles. The normalized spacial score (nSPS) is 14.2. The molecule has 0 radical (unpaired) electrons. The Morgan fingerprint density at radius 3 is 2.50 bits per heavy atom. The highest BCUT2D eigenvalue weighted by Gasteiger charge is 2.29. The Morgan fingerprint density at radius 1 is 1.06 bits per heavy atom. The number of rotatable bonds is 4. The number of amides is 1. The van der Waals surface area contributed by atoms with Crippen LogP contribution in [0.1, 0.15) is 61.8 Å². The number of benzene rings is 2. The number of nitrogens with zero attached hydrogens (tertiary/aromatic N) is 1. The molecule has 0 unspecified atom stereocenters. The van der Waals surface area contributed by atoms with E-state index >= 15 is 0 Å². The molecule has 0 aliphatic heterocycles. The van der Waals surface area contributed by atoms with Gasteiger partial charge >= 0.3 is 5.97 Å². The van der Waals surface area contributed by atoms with Crippen LogP contribution in [-0.4, -0.2) is 17.6 Å². The predicted molar refractivity (Wildman–Crippen MR) is 123 cm³/mol. The van der Waals surface area contributed by atoms with Gasteiger partial charge in [-0.3, -0.25) is 4.79 Å². The van der Waals surface area contributed by atoms with Gasteiger partial charge in [0, 0.05) is 17.5 Å². The number of hydrogen-bond donors (Lipinski definition) is 1. The van der Waals surface area contributed by atoms with Crippen molar-refractivity contribution in [2.24, 2.45) is 5.10 Å². The van der Waals surface area contributed by atoms with E-state index in [1.54, 1.807) is 43.3 Å². The van der Waals surface area contributed by atoms with Crippen molar-refractivity contribution >= 4 is 29.2 Å². The maximum atomic E-state index is 12.8. The second kappa shape index (κ2) is 9.01. The minimum absolute atomic E-state index is 0.154. The molecule has 32 heavy (non-hydrogen) atoms. The van der Waals surface area contributed by atoms with Gasteiger partial charge in [-0.25, -0.2) is 10.2 Å². The van der Waals surface area contributed by atoms with Crippen LogP contribution in [0, 0.1) is 20.8 Å². The van der Waals surface area contributed by atoms with Crippen molar-refractivity contribution in [1.82, 2.24) is 5.43 Å². The van der Waals surface area contributed by atoms with Crippen molar-refractivity contribution < 1.29 is 18.7 Å². The molecular formula is C25H23ClN2O4. The first kappa shape index (κ1) is 21.8. The maximum Gasteiger partial charge on any atom is 0.379 e. The molecule has 1 N–H and O–H groups in total. The lowest BCUT2D eigenvalue weighted by Crippen LogP contribution is -2.22. The number of nitrogens with one attached hydrogen (secondary N) is 1. The Bertz CT molecular complexity index is 1220. The summed E-state index contributed by atoms with van der Waals surface area (Å²) in [5.41, 5.74) is 7.00. The summed E-state index contributed by atoms with van der Waals surface area (Å²) in [6.45, 7) is 5.69. The molecule has 1 amide bonds. The van der Waals surface area contributed by atoms with Crippen LogP contribution in [0.25, 0.3) is 0 Å². The van der Waals surface area contributed by atoms with Gasteiger partial charge in [-0.15, -0.1) is 0 Å². The lowest BCUT2D eigenvalue weighted by atomic mass is 9.93. The third-order valence-electron chi connectivity index (χ3n) is 5.33. The lowest BCUT2D eigenvalue weighted by molar-refractivity contribution is 0.0698. The fourth-order valence-corrected chi connectivity index (χ4v) is 4.17. The summed E-state index contributed by atoms with van der Waals surface area (Å²) >= 11 is 6.10. The standard InChI is InChI=1S/C25H23ClN2O4/c1-14-11-15(2)13-17(12-14)31-25(30)23-16(3)22-20(9-6-10-21(22)32-23)27-28-24(29)18-7-4-5-8-19(18)26/h4-5,7-8,11-13H,6,9-10H2,1-3H3,(H,28,29)/b27-20+. The van der Waals surface area contributed by atoms with E-state index in [4.69, 9.17) is 20.8 Å². The number of carbonyl (C=O) groups excluding carboxylic acids is 2. The zero-order valence-electron chi connectivity index (χ0n) is 18.1. The average molecular weight is 451 g/mol. The first-order valence-electron chi connectivity index (χ1n) is 10.4. The van der Waals surface area contributed by atoms with Gasteiger partial charge in [0.2, 0.25) is 5.76 Å². The minimum atomic E-state index is -0.554. The first-order chi connectivity index (χ1) is 15.3. The van der Waals surface area contributed by atoms with Crippen LogP contribution >= 0.6 is 11.6 Å². The summed E-state index contributed by atoms with van der Waals surface area (Å²) in [6.07, 6.45) is 2.14. The molecule has 1 heterocycles. The topological polar surface area (TPSA) is 80.9 Å². The number of furan rings is 1. The van der Waals surface area contributed by atoms with Crippen LogP contribution in [0.4, 0.5) is 0 Å². The summed E-state index contributed by atoms with van der Waals surface area (Å²) in [7, 11) is 0. The second-order valence-electron chi connectivity index (χ2n) is 7.90. The van der Waals surface area contributed by atoms with Gasteiger partial charge in [0.1, 0.15) is 11.5 Å². The zero-order chi connectivity index (χ0) is 22.8. The van der Waals surface area contributed by atoms with Gasteiger partial charge in [0.15, 0.2) is 0 Å². The molecule has 0 spiro atoms. The third-order valence-corrected chi connectivity index (χ3v) is 5.66. The molecule has 164 valence electrons. The fourth-order valence-electron chi connectivity index (χ4n) is 3.94. The molecule has 0 saturated heterocycles. The maximum absolute atomic E-state index is 12.8. The van der Waals surface area contributed by atoms with Gasteiger partial charge in [-0.05, 0) is 69.0 Å². The van der Waals surface area contributed by atoms with Crippen molar-refractivity contribution in [2.45, 2.75) is 40.0 Å². The predicted octanol–water partition coefficient (Wildman–Crippen LogP) is 5.55. The van der Waals surface area contributed by atoms with E-state index in [-0.39, 0.29) is 5.76 Å². The Labute approximate surface area is 191 Å². The summed E-state index contributed by atoms with van der Waals surface area (Å²) in [6, 6.07) is 12.4. The molecule has 0 atom stereocenters. The molecule has 7 heteroatoms. The van der Waals surface area contributed by atoms with E-state index in [2.05, 4.69) is 10.5 Å². The number of hydrazone groups is 1. The monoisotopic (exact) mass is 450 g/mol. The molecule has 1 aliphatic carbocycles. The van der Waals surface area contributed by atoms with Gasteiger partial charge in [-0.1, -0.05) is 29.8 Å². The van der Waals surface area contributed by atoms with Crippen LogP contribution in [-0.2, 0) is 6.42 Å². The summed E-state index contributed by atoms with van der Waals surface area (Å²) in [4.78, 5) is 25.3. The van der Waals surface area contributed by atoms with Crippen molar-refractivity contribution in [3.63, 3.8) is 0 Å². The van der Waals surface area contributed by atoms with Crippen LogP contribution < -0.4 is 10.2 Å². The van der Waals surface area contributed by atoms with Crippen molar-refractivity contribution in [3.05, 3.63) is 86.8 Å².